The lowest BCUT2D eigenvalue weighted by Gasteiger charge is -2.33. The fourth-order valence-corrected chi connectivity index (χ4v) is 4.07. The summed E-state index contributed by atoms with van der Waals surface area (Å²) in [5.74, 6) is 0.941. The first-order valence-electron chi connectivity index (χ1n) is 10.6. The van der Waals surface area contributed by atoms with E-state index < -0.39 is 0 Å². The average Bonchev–Trinajstić information content (AvgIpc) is 2.68. The number of nitrogens with zero attached hydrogens (tertiary/aromatic N) is 1. The Morgan fingerprint density at radius 1 is 1.07 bits per heavy atom. The van der Waals surface area contributed by atoms with Crippen molar-refractivity contribution in [2.24, 2.45) is 0 Å². The first kappa shape index (κ1) is 20.0. The number of likely N-dealkylation sites (tertiary alicyclic amines) is 1. The number of carbonyl (C=O) groups is 1. The third-order valence-electron chi connectivity index (χ3n) is 5.57. The summed E-state index contributed by atoms with van der Waals surface area (Å²) in [6.45, 7) is 6.55. The molecule has 1 aromatic rings. The maximum absolute atomic E-state index is 12.4. The maximum atomic E-state index is 12.4. The van der Waals surface area contributed by atoms with Gasteiger partial charge in [0.1, 0.15) is 5.75 Å². The van der Waals surface area contributed by atoms with E-state index in [0.29, 0.717) is 24.7 Å². The molecule has 1 heterocycles. The normalized spacial score (nSPS) is 19.3. The molecule has 0 aromatic heterocycles. The molecule has 2 N–H and O–H groups in total. The summed E-state index contributed by atoms with van der Waals surface area (Å²) in [7, 11) is 0. The van der Waals surface area contributed by atoms with Crippen molar-refractivity contribution in [1.82, 2.24) is 15.5 Å². The summed E-state index contributed by atoms with van der Waals surface area (Å²) in [4.78, 5) is 14.3. The van der Waals surface area contributed by atoms with Crippen molar-refractivity contribution in [3.05, 3.63) is 29.8 Å². The second kappa shape index (κ2) is 9.98. The molecule has 0 spiro atoms. The van der Waals surface area contributed by atoms with Gasteiger partial charge in [-0.2, -0.15) is 0 Å². The largest absolute Gasteiger partial charge is 0.490 e. The molecular weight excluding hydrogens is 338 g/mol. The Bertz CT molecular complexity index is 574. The van der Waals surface area contributed by atoms with Gasteiger partial charge in [-0.1, -0.05) is 32.4 Å². The van der Waals surface area contributed by atoms with E-state index in [1.165, 1.54) is 32.1 Å². The van der Waals surface area contributed by atoms with Crippen LogP contribution in [0.25, 0.3) is 0 Å². The topological polar surface area (TPSA) is 53.6 Å². The molecule has 1 aromatic carbocycles. The number of amides is 2. The maximum Gasteiger partial charge on any atom is 0.317 e. The van der Waals surface area contributed by atoms with Gasteiger partial charge in [0.15, 0.2) is 0 Å². The Kier molecular flexibility index (Phi) is 7.39. The van der Waals surface area contributed by atoms with Crippen molar-refractivity contribution >= 4 is 6.03 Å². The van der Waals surface area contributed by atoms with Gasteiger partial charge in [-0.05, 0) is 56.2 Å². The minimum Gasteiger partial charge on any atom is -0.490 e. The molecular formula is C22H35N3O2. The molecule has 5 nitrogen and oxygen atoms in total. The zero-order valence-electron chi connectivity index (χ0n) is 16.9. The molecule has 0 bridgehead atoms. The van der Waals surface area contributed by atoms with Crippen molar-refractivity contribution in [2.45, 2.75) is 83.5 Å². The number of benzene rings is 1. The van der Waals surface area contributed by atoms with E-state index in [0.717, 1.165) is 37.2 Å². The summed E-state index contributed by atoms with van der Waals surface area (Å²) in [5, 5.41) is 6.61. The lowest BCUT2D eigenvalue weighted by Crippen LogP contribution is -2.49. The highest BCUT2D eigenvalue weighted by molar-refractivity contribution is 5.74. The Hall–Kier alpha value is -1.75. The smallest absolute Gasteiger partial charge is 0.317 e. The quantitative estimate of drug-likeness (QED) is 0.790. The number of hydrogen-bond acceptors (Lipinski definition) is 3. The van der Waals surface area contributed by atoms with Crippen LogP contribution >= 0.6 is 0 Å². The van der Waals surface area contributed by atoms with Crippen LogP contribution in [0.2, 0.25) is 0 Å². The SMILES string of the molecule is CC(C)NC1CCN(C(=O)NCc2ccc(OC3CCCCC3)cc2)CC1. The fourth-order valence-electron chi connectivity index (χ4n) is 4.07. The van der Waals surface area contributed by atoms with Crippen molar-refractivity contribution in [3.8, 4) is 5.75 Å². The molecule has 2 aliphatic rings. The van der Waals surface area contributed by atoms with Crippen molar-refractivity contribution < 1.29 is 9.53 Å². The fraction of sp³-hybridized carbons (Fsp3) is 0.682. The van der Waals surface area contributed by atoms with Crippen LogP contribution in [0, 0.1) is 0 Å². The highest BCUT2D eigenvalue weighted by Gasteiger charge is 2.22. The van der Waals surface area contributed by atoms with Gasteiger partial charge < -0.3 is 20.3 Å². The van der Waals surface area contributed by atoms with Gasteiger partial charge in [0.05, 0.1) is 6.10 Å². The first-order valence-corrected chi connectivity index (χ1v) is 10.6. The Morgan fingerprint density at radius 3 is 2.37 bits per heavy atom. The van der Waals surface area contributed by atoms with Crippen LogP contribution in [0.4, 0.5) is 4.79 Å². The molecule has 1 saturated heterocycles. The number of piperidine rings is 1. The minimum atomic E-state index is 0.0422. The van der Waals surface area contributed by atoms with Gasteiger partial charge in [-0.3, -0.25) is 0 Å². The van der Waals surface area contributed by atoms with Crippen LogP contribution in [-0.2, 0) is 6.54 Å². The lowest BCUT2D eigenvalue weighted by molar-refractivity contribution is 0.155. The summed E-state index contributed by atoms with van der Waals surface area (Å²) >= 11 is 0. The summed E-state index contributed by atoms with van der Waals surface area (Å²) in [5.41, 5.74) is 1.11. The van der Waals surface area contributed by atoms with E-state index in [2.05, 4.69) is 36.6 Å². The van der Waals surface area contributed by atoms with Crippen molar-refractivity contribution in [2.75, 3.05) is 13.1 Å². The van der Waals surface area contributed by atoms with E-state index in [1.807, 2.05) is 17.0 Å². The first-order chi connectivity index (χ1) is 13.1. The van der Waals surface area contributed by atoms with Gasteiger partial charge >= 0.3 is 6.03 Å². The standard InChI is InChI=1S/C22H35N3O2/c1-17(2)24-19-12-14-25(15-13-19)22(26)23-16-18-8-10-21(11-9-18)27-20-6-4-3-5-7-20/h8-11,17,19-20,24H,3-7,12-16H2,1-2H3,(H,23,26). The van der Waals surface area contributed by atoms with Gasteiger partial charge in [0, 0.05) is 31.7 Å². The zero-order valence-corrected chi connectivity index (χ0v) is 16.9. The molecule has 2 amide bonds. The minimum absolute atomic E-state index is 0.0422. The lowest BCUT2D eigenvalue weighted by atomic mass is 9.98. The Morgan fingerprint density at radius 2 is 1.74 bits per heavy atom. The number of hydrogen-bond donors (Lipinski definition) is 2. The highest BCUT2D eigenvalue weighted by atomic mass is 16.5. The second-order valence-corrected chi connectivity index (χ2v) is 8.26. The molecule has 27 heavy (non-hydrogen) atoms. The number of urea groups is 1. The Labute approximate surface area is 163 Å². The van der Waals surface area contributed by atoms with Gasteiger partial charge in [0.2, 0.25) is 0 Å². The Balaban J connectivity index is 1.38. The van der Waals surface area contributed by atoms with Crippen molar-refractivity contribution in [1.29, 1.82) is 0 Å². The van der Waals surface area contributed by atoms with Crippen LogP contribution in [0.15, 0.2) is 24.3 Å². The molecule has 0 unspecified atom stereocenters. The highest BCUT2D eigenvalue weighted by Crippen LogP contribution is 2.23. The van der Waals surface area contributed by atoms with Gasteiger partial charge in [-0.25, -0.2) is 4.79 Å². The van der Waals surface area contributed by atoms with Crippen LogP contribution in [0.1, 0.15) is 64.4 Å². The number of nitrogens with one attached hydrogen (secondary N) is 2. The summed E-state index contributed by atoms with van der Waals surface area (Å²) < 4.78 is 6.07. The van der Waals surface area contributed by atoms with E-state index in [-0.39, 0.29) is 6.03 Å². The molecule has 1 aliphatic carbocycles. The zero-order chi connectivity index (χ0) is 19.1. The predicted octanol–water partition coefficient (Wildman–Crippen LogP) is 4.07. The van der Waals surface area contributed by atoms with Crippen molar-refractivity contribution in [3.63, 3.8) is 0 Å². The molecule has 5 heteroatoms. The predicted molar refractivity (Wildman–Crippen MR) is 109 cm³/mol. The monoisotopic (exact) mass is 373 g/mol. The third kappa shape index (κ3) is 6.42. The average molecular weight is 374 g/mol. The van der Waals surface area contributed by atoms with E-state index >= 15 is 0 Å². The van der Waals surface area contributed by atoms with Gasteiger partial charge in [-0.15, -0.1) is 0 Å². The molecule has 150 valence electrons. The summed E-state index contributed by atoms with van der Waals surface area (Å²) in [6.07, 6.45) is 8.65. The van der Waals surface area contributed by atoms with E-state index in [4.69, 9.17) is 4.74 Å². The molecule has 0 atom stereocenters. The number of carbonyl (C=O) groups excluding carboxylic acids is 1. The number of ether oxygens (including phenoxy) is 1. The molecule has 3 rings (SSSR count). The number of rotatable bonds is 6. The third-order valence-corrected chi connectivity index (χ3v) is 5.57. The van der Waals surface area contributed by atoms with E-state index in [9.17, 15) is 4.79 Å². The second-order valence-electron chi connectivity index (χ2n) is 8.26. The van der Waals surface area contributed by atoms with E-state index in [1.54, 1.807) is 0 Å². The molecule has 2 fully saturated rings. The van der Waals surface area contributed by atoms with Crippen LogP contribution in [0.3, 0.4) is 0 Å². The molecule has 0 radical (unpaired) electrons. The molecule has 1 saturated carbocycles. The summed E-state index contributed by atoms with van der Waals surface area (Å²) in [6, 6.07) is 9.24. The molecule has 1 aliphatic heterocycles. The van der Waals surface area contributed by atoms with Gasteiger partial charge in [0.25, 0.3) is 0 Å². The van der Waals surface area contributed by atoms with Crippen LogP contribution in [0.5, 0.6) is 5.75 Å². The van der Waals surface area contributed by atoms with Crippen LogP contribution < -0.4 is 15.4 Å². The van der Waals surface area contributed by atoms with Crippen LogP contribution in [-0.4, -0.2) is 42.2 Å².